The highest BCUT2D eigenvalue weighted by molar-refractivity contribution is 6.33. The van der Waals surface area contributed by atoms with Crippen molar-refractivity contribution < 1.29 is 29.0 Å². The molecule has 3 amide bonds. The number of imide groups is 1. The van der Waals surface area contributed by atoms with Gasteiger partial charge in [0, 0.05) is 5.02 Å². The Kier molecular flexibility index (Phi) is 6.95. The maximum absolute atomic E-state index is 12.9. The van der Waals surface area contributed by atoms with Crippen LogP contribution in [0.1, 0.15) is 21.5 Å². The molecule has 1 aliphatic rings. The van der Waals surface area contributed by atoms with E-state index in [-0.39, 0.29) is 28.6 Å². The fourth-order valence-corrected chi connectivity index (χ4v) is 3.84. The topological polar surface area (TPSA) is 105 Å². The molecule has 4 rings (SSSR count). The van der Waals surface area contributed by atoms with E-state index in [0.29, 0.717) is 27.6 Å². The molecule has 0 saturated carbocycles. The summed E-state index contributed by atoms with van der Waals surface area (Å²) in [6.45, 7) is 0.0578. The molecule has 3 aromatic carbocycles. The van der Waals surface area contributed by atoms with Gasteiger partial charge in [0.15, 0.2) is 11.5 Å². The average Bonchev–Trinajstić information content (AvgIpc) is 3.11. The van der Waals surface area contributed by atoms with Gasteiger partial charge >= 0.3 is 12.0 Å². The highest BCUT2D eigenvalue weighted by Crippen LogP contribution is 2.38. The average molecular weight is 513 g/mol. The third-order valence-electron chi connectivity index (χ3n) is 5.08. The Balaban J connectivity index is 1.56. The zero-order valence-corrected chi connectivity index (χ0v) is 19.8. The van der Waals surface area contributed by atoms with Crippen molar-refractivity contribution in [1.29, 1.82) is 0 Å². The molecule has 1 fully saturated rings. The number of nitrogens with one attached hydrogen (secondary N) is 1. The van der Waals surface area contributed by atoms with Crippen molar-refractivity contribution in [3.8, 4) is 11.5 Å². The quantitative estimate of drug-likeness (QED) is 0.325. The SMILES string of the molecule is COc1cc(/C=C2/NC(=O)N(c3ccc(Cl)cc3)C2=O)cc(Cl)c1OCc1cccc(C(=O)O)c1. The summed E-state index contributed by atoms with van der Waals surface area (Å²) in [4.78, 5) is 37.4. The number of rotatable bonds is 7. The molecule has 35 heavy (non-hydrogen) atoms. The zero-order valence-electron chi connectivity index (χ0n) is 18.2. The lowest BCUT2D eigenvalue weighted by molar-refractivity contribution is -0.113. The number of carboxylic acid groups (broad SMARTS) is 1. The minimum atomic E-state index is -1.04. The lowest BCUT2D eigenvalue weighted by Crippen LogP contribution is -2.30. The smallest absolute Gasteiger partial charge is 0.335 e. The van der Waals surface area contributed by atoms with Crippen molar-refractivity contribution in [2.75, 3.05) is 12.0 Å². The normalized spacial score (nSPS) is 14.3. The Labute approximate surface area is 210 Å². The van der Waals surface area contributed by atoms with Crippen molar-refractivity contribution in [2.24, 2.45) is 0 Å². The first-order chi connectivity index (χ1) is 16.8. The van der Waals surface area contributed by atoms with E-state index in [9.17, 15) is 14.4 Å². The van der Waals surface area contributed by atoms with Crippen molar-refractivity contribution in [3.63, 3.8) is 0 Å². The van der Waals surface area contributed by atoms with Gasteiger partial charge in [0.05, 0.1) is 23.4 Å². The Bertz CT molecular complexity index is 1350. The summed E-state index contributed by atoms with van der Waals surface area (Å²) in [6, 6.07) is 15.2. The molecule has 0 bridgehead atoms. The predicted molar refractivity (Wildman–Crippen MR) is 131 cm³/mol. The number of hydrogen-bond donors (Lipinski definition) is 2. The van der Waals surface area contributed by atoms with Gasteiger partial charge in [-0.25, -0.2) is 14.5 Å². The number of ether oxygens (including phenoxy) is 2. The third kappa shape index (κ3) is 5.24. The van der Waals surface area contributed by atoms with Gasteiger partial charge in [0.2, 0.25) is 0 Å². The number of aromatic carboxylic acids is 1. The van der Waals surface area contributed by atoms with Gasteiger partial charge in [-0.15, -0.1) is 0 Å². The molecule has 10 heteroatoms. The van der Waals surface area contributed by atoms with E-state index < -0.39 is 17.9 Å². The second-order valence-corrected chi connectivity index (χ2v) is 8.28. The summed E-state index contributed by atoms with van der Waals surface area (Å²) >= 11 is 12.3. The number of nitrogens with zero attached hydrogens (tertiary/aromatic N) is 1. The molecule has 0 atom stereocenters. The third-order valence-corrected chi connectivity index (χ3v) is 5.62. The molecule has 0 spiro atoms. The van der Waals surface area contributed by atoms with Gasteiger partial charge in [-0.2, -0.15) is 0 Å². The minimum absolute atomic E-state index is 0.0576. The van der Waals surface area contributed by atoms with Crippen LogP contribution in [-0.4, -0.2) is 30.1 Å². The van der Waals surface area contributed by atoms with Crippen LogP contribution in [0.25, 0.3) is 6.08 Å². The molecule has 0 radical (unpaired) electrons. The number of carboxylic acids is 1. The Morgan fingerprint density at radius 2 is 1.83 bits per heavy atom. The molecule has 0 aromatic heterocycles. The van der Waals surface area contributed by atoms with Gasteiger partial charge in [0.1, 0.15) is 12.3 Å². The molecule has 0 unspecified atom stereocenters. The van der Waals surface area contributed by atoms with E-state index >= 15 is 0 Å². The maximum Gasteiger partial charge on any atom is 0.335 e. The van der Waals surface area contributed by atoms with E-state index in [0.717, 1.165) is 4.90 Å². The molecule has 8 nitrogen and oxygen atoms in total. The highest BCUT2D eigenvalue weighted by Gasteiger charge is 2.34. The molecular formula is C25H18Cl2N2O6. The standard InChI is InChI=1S/C25H18Cl2N2O6/c1-34-21-12-15(10-19(27)22(21)35-13-14-3-2-4-16(9-14)24(31)32)11-20-23(30)29(25(33)28-20)18-7-5-17(26)6-8-18/h2-12H,13H2,1H3,(H,28,33)(H,31,32)/b20-11+. The molecule has 3 aromatic rings. The minimum Gasteiger partial charge on any atom is -0.493 e. The van der Waals surface area contributed by atoms with Crippen LogP contribution in [0.2, 0.25) is 10.0 Å². The number of carbonyl (C=O) groups is 3. The van der Waals surface area contributed by atoms with E-state index in [1.54, 1.807) is 48.5 Å². The molecule has 1 saturated heterocycles. The molecule has 1 heterocycles. The van der Waals surface area contributed by atoms with Crippen molar-refractivity contribution >= 4 is 52.9 Å². The first-order valence-corrected chi connectivity index (χ1v) is 11.0. The lowest BCUT2D eigenvalue weighted by atomic mass is 10.1. The molecule has 1 aliphatic heterocycles. The maximum atomic E-state index is 12.9. The zero-order chi connectivity index (χ0) is 25.1. The van der Waals surface area contributed by atoms with Gasteiger partial charge in [-0.1, -0.05) is 35.3 Å². The summed E-state index contributed by atoms with van der Waals surface area (Å²) in [5.74, 6) is -1.03. The molecule has 178 valence electrons. The number of amides is 3. The fraction of sp³-hybridized carbons (Fsp3) is 0.0800. The first-order valence-electron chi connectivity index (χ1n) is 10.2. The molecule has 2 N–H and O–H groups in total. The number of methoxy groups -OCH3 is 1. The Hall–Kier alpha value is -4.01. The van der Waals surface area contributed by atoms with Gasteiger partial charge < -0.3 is 19.9 Å². The van der Waals surface area contributed by atoms with Crippen LogP contribution in [0, 0.1) is 0 Å². The van der Waals surface area contributed by atoms with Crippen LogP contribution in [0.3, 0.4) is 0 Å². The summed E-state index contributed by atoms with van der Waals surface area (Å²) in [5, 5.41) is 12.4. The summed E-state index contributed by atoms with van der Waals surface area (Å²) in [7, 11) is 1.44. The van der Waals surface area contributed by atoms with Crippen molar-refractivity contribution in [2.45, 2.75) is 6.61 Å². The van der Waals surface area contributed by atoms with Crippen LogP contribution in [0.4, 0.5) is 10.5 Å². The number of anilines is 1. The highest BCUT2D eigenvalue weighted by atomic mass is 35.5. The number of benzene rings is 3. The molecule has 0 aliphatic carbocycles. The van der Waals surface area contributed by atoms with E-state index in [4.69, 9.17) is 37.8 Å². The van der Waals surface area contributed by atoms with Crippen LogP contribution in [-0.2, 0) is 11.4 Å². The van der Waals surface area contributed by atoms with Crippen LogP contribution >= 0.6 is 23.2 Å². The number of hydrogen-bond acceptors (Lipinski definition) is 5. The predicted octanol–water partition coefficient (Wildman–Crippen LogP) is 5.38. The van der Waals surface area contributed by atoms with E-state index in [1.807, 2.05) is 0 Å². The summed E-state index contributed by atoms with van der Waals surface area (Å²) in [5.41, 5.74) is 1.71. The second-order valence-electron chi connectivity index (χ2n) is 7.43. The van der Waals surface area contributed by atoms with Crippen molar-refractivity contribution in [3.05, 3.63) is 93.1 Å². The second kappa shape index (κ2) is 10.1. The van der Waals surface area contributed by atoms with E-state index in [1.165, 1.54) is 25.3 Å². The lowest BCUT2D eigenvalue weighted by Gasteiger charge is -2.14. The Morgan fingerprint density at radius 1 is 1.09 bits per heavy atom. The largest absolute Gasteiger partial charge is 0.493 e. The summed E-state index contributed by atoms with van der Waals surface area (Å²) < 4.78 is 11.2. The first kappa shape index (κ1) is 24.1. The number of carbonyl (C=O) groups excluding carboxylic acids is 2. The van der Waals surface area contributed by atoms with Gasteiger partial charge in [-0.05, 0) is 65.7 Å². The van der Waals surface area contributed by atoms with E-state index in [2.05, 4.69) is 5.32 Å². The molecular weight excluding hydrogens is 495 g/mol. The fourth-order valence-electron chi connectivity index (χ4n) is 3.44. The summed E-state index contributed by atoms with van der Waals surface area (Å²) in [6.07, 6.45) is 1.48. The van der Waals surface area contributed by atoms with Crippen molar-refractivity contribution in [1.82, 2.24) is 5.32 Å². The number of urea groups is 1. The Morgan fingerprint density at radius 3 is 2.51 bits per heavy atom. The number of halogens is 2. The van der Waals surface area contributed by atoms with Crippen LogP contribution in [0.15, 0.2) is 66.4 Å². The van der Waals surface area contributed by atoms with Gasteiger partial charge in [0.25, 0.3) is 5.91 Å². The van der Waals surface area contributed by atoms with Crippen LogP contribution < -0.4 is 19.7 Å². The van der Waals surface area contributed by atoms with Crippen LogP contribution in [0.5, 0.6) is 11.5 Å². The monoisotopic (exact) mass is 512 g/mol. The van der Waals surface area contributed by atoms with Gasteiger partial charge in [-0.3, -0.25) is 4.79 Å².